The predicted molar refractivity (Wildman–Crippen MR) is 57.5 cm³/mol. The number of halogens is 6. The molecule has 0 nitrogen and oxygen atoms in total. The molecular weight excluding hydrogens is 326 g/mol. The number of hydrogen-bond donors (Lipinski definition) is 0. The average Bonchev–Trinajstić information content (AvgIpc) is 1.77. The van der Waals surface area contributed by atoms with Crippen LogP contribution in [0.15, 0.2) is 29.2 Å². The molecule has 1 rings (SSSR count). The fourth-order valence-corrected chi connectivity index (χ4v) is 0.930. The Morgan fingerprint density at radius 1 is 0.769 bits per heavy atom. The first kappa shape index (κ1) is 29.3. The summed E-state index contributed by atoms with van der Waals surface area (Å²) in [5.41, 5.74) is 0. The monoisotopic (exact) mass is 335 g/mol. The molecule has 1 aromatic carbocycles. The Hall–Kier alpha value is -0.180. The standard InChI is InChI=1S/C6H4IS.5FH/c7-5-1-3-6(8)4-2-5;;;;;/h1-4H;5*1H. The fraction of sp³-hybridized carbons (Fsp3) is 0. The summed E-state index contributed by atoms with van der Waals surface area (Å²) in [6.45, 7) is 0. The smallest absolute Gasteiger partial charge is 0.0377 e. The molecule has 0 unspecified atom stereocenters. The van der Waals surface area contributed by atoms with E-state index in [1.54, 1.807) is 0 Å². The lowest BCUT2D eigenvalue weighted by molar-refractivity contribution is 1.11. The first-order valence-corrected chi connectivity index (χ1v) is 3.70. The van der Waals surface area contributed by atoms with Crippen molar-refractivity contribution in [2.75, 3.05) is 0 Å². The Bertz CT molecular complexity index is 160. The summed E-state index contributed by atoms with van der Waals surface area (Å²) in [6, 6.07) is 7.86. The Balaban J connectivity index is -0.0000000427. The molecule has 0 aliphatic heterocycles. The van der Waals surface area contributed by atoms with E-state index in [2.05, 4.69) is 22.6 Å². The molecule has 0 bridgehead atoms. The second-order valence-electron chi connectivity index (χ2n) is 1.45. The highest BCUT2D eigenvalue weighted by atomic mass is 127. The van der Waals surface area contributed by atoms with Gasteiger partial charge < -0.3 is 0 Å². The van der Waals surface area contributed by atoms with Crippen LogP contribution < -0.4 is 0 Å². The SMILES string of the molecule is F.F.F.F.F.[S]c1ccc(I)cc1. The maximum atomic E-state index is 4.87. The van der Waals surface area contributed by atoms with E-state index in [4.69, 9.17) is 12.6 Å². The molecule has 7 heteroatoms. The minimum Gasteiger partial charge on any atom is -0.269 e. The Labute approximate surface area is 91.5 Å². The van der Waals surface area contributed by atoms with Gasteiger partial charge in [0.2, 0.25) is 0 Å². The summed E-state index contributed by atoms with van der Waals surface area (Å²) in [6.07, 6.45) is 0. The van der Waals surface area contributed by atoms with E-state index in [9.17, 15) is 0 Å². The summed E-state index contributed by atoms with van der Waals surface area (Å²) in [5, 5.41) is 0. The van der Waals surface area contributed by atoms with E-state index in [-0.39, 0.29) is 23.5 Å². The van der Waals surface area contributed by atoms with Crippen LogP contribution in [-0.2, 0) is 0 Å². The van der Waals surface area contributed by atoms with E-state index in [0.717, 1.165) is 4.90 Å². The van der Waals surface area contributed by atoms with Crippen molar-refractivity contribution in [2.24, 2.45) is 0 Å². The zero-order valence-electron chi connectivity index (χ0n) is 6.14. The summed E-state index contributed by atoms with van der Waals surface area (Å²) >= 11 is 7.12. The van der Waals surface area contributed by atoms with Gasteiger partial charge in [0, 0.05) is 8.47 Å². The highest BCUT2D eigenvalue weighted by molar-refractivity contribution is 14.1. The maximum Gasteiger partial charge on any atom is 0.0377 e. The van der Waals surface area contributed by atoms with Crippen molar-refractivity contribution in [1.29, 1.82) is 0 Å². The van der Waals surface area contributed by atoms with Gasteiger partial charge in [-0.15, -0.1) is 0 Å². The molecule has 0 heterocycles. The number of hydrogen-bond acceptors (Lipinski definition) is 0. The number of rotatable bonds is 0. The molecule has 0 saturated carbocycles. The molecule has 0 aliphatic carbocycles. The zero-order valence-corrected chi connectivity index (χ0v) is 9.11. The van der Waals surface area contributed by atoms with E-state index in [0.29, 0.717) is 0 Å². The third kappa shape index (κ3) is 11.8. The van der Waals surface area contributed by atoms with E-state index < -0.39 is 0 Å². The van der Waals surface area contributed by atoms with Gasteiger partial charge in [-0.25, -0.2) is 0 Å². The van der Waals surface area contributed by atoms with Gasteiger partial charge in [-0.1, -0.05) is 12.6 Å². The first-order chi connectivity index (χ1) is 3.79. The van der Waals surface area contributed by atoms with Crippen LogP contribution in [-0.4, -0.2) is 0 Å². The number of benzene rings is 1. The molecule has 0 fully saturated rings. The summed E-state index contributed by atoms with van der Waals surface area (Å²) in [4.78, 5) is 0.908. The van der Waals surface area contributed by atoms with Gasteiger partial charge in [-0.3, -0.25) is 23.5 Å². The lowest BCUT2D eigenvalue weighted by atomic mass is 10.4. The van der Waals surface area contributed by atoms with Crippen molar-refractivity contribution in [2.45, 2.75) is 4.90 Å². The van der Waals surface area contributed by atoms with Gasteiger partial charge in [0.15, 0.2) is 0 Å². The summed E-state index contributed by atoms with van der Waals surface area (Å²) < 4.78 is 1.23. The van der Waals surface area contributed by atoms with E-state index in [1.807, 2.05) is 24.3 Å². The fourth-order valence-electron chi connectivity index (χ4n) is 0.435. The van der Waals surface area contributed by atoms with Crippen molar-refractivity contribution in [3.63, 3.8) is 0 Å². The van der Waals surface area contributed by atoms with Crippen molar-refractivity contribution in [3.8, 4) is 0 Å². The van der Waals surface area contributed by atoms with Crippen molar-refractivity contribution >= 4 is 35.2 Å². The summed E-state index contributed by atoms with van der Waals surface area (Å²) in [5.74, 6) is 0. The molecule has 0 spiro atoms. The molecule has 0 N–H and O–H groups in total. The molecule has 1 aromatic rings. The van der Waals surface area contributed by atoms with Crippen molar-refractivity contribution in [3.05, 3.63) is 27.8 Å². The molecule has 0 saturated heterocycles. The van der Waals surface area contributed by atoms with Crippen LogP contribution in [0.5, 0.6) is 0 Å². The van der Waals surface area contributed by atoms with Crippen molar-refractivity contribution < 1.29 is 23.5 Å². The van der Waals surface area contributed by atoms with Gasteiger partial charge in [0.1, 0.15) is 0 Å². The first-order valence-electron chi connectivity index (χ1n) is 2.21. The molecule has 0 aromatic heterocycles. The largest absolute Gasteiger partial charge is 0.269 e. The third-order valence-electron chi connectivity index (χ3n) is 0.814. The van der Waals surface area contributed by atoms with Crippen LogP contribution in [0, 0.1) is 3.57 Å². The van der Waals surface area contributed by atoms with Gasteiger partial charge in [0.25, 0.3) is 0 Å². The van der Waals surface area contributed by atoms with Gasteiger partial charge in [-0.05, 0) is 46.9 Å². The van der Waals surface area contributed by atoms with Crippen LogP contribution in [0.25, 0.3) is 0 Å². The molecule has 81 valence electrons. The third-order valence-corrected chi connectivity index (χ3v) is 1.80. The highest BCUT2D eigenvalue weighted by Crippen LogP contribution is 2.08. The van der Waals surface area contributed by atoms with Crippen molar-refractivity contribution in [1.82, 2.24) is 0 Å². The lowest BCUT2D eigenvalue weighted by Gasteiger charge is -1.86. The molecular formula is C6H9F5IS. The summed E-state index contributed by atoms with van der Waals surface area (Å²) in [7, 11) is 0. The van der Waals surface area contributed by atoms with E-state index >= 15 is 0 Å². The van der Waals surface area contributed by atoms with Gasteiger partial charge in [-0.2, -0.15) is 0 Å². The Kier molecular flexibility index (Phi) is 32.3. The Morgan fingerprint density at radius 2 is 1.08 bits per heavy atom. The van der Waals surface area contributed by atoms with Crippen LogP contribution in [0.2, 0.25) is 0 Å². The minimum atomic E-state index is 0. The van der Waals surface area contributed by atoms with Gasteiger partial charge in [0.05, 0.1) is 0 Å². The quantitative estimate of drug-likeness (QED) is 0.502. The maximum absolute atomic E-state index is 4.87. The van der Waals surface area contributed by atoms with Crippen LogP contribution in [0.1, 0.15) is 0 Å². The van der Waals surface area contributed by atoms with Crippen LogP contribution >= 0.6 is 35.2 Å². The predicted octanol–water partition coefficient (Wildman–Crippen LogP) is 3.61. The van der Waals surface area contributed by atoms with Crippen LogP contribution in [0.4, 0.5) is 23.5 Å². The second kappa shape index (κ2) is 14.3. The molecule has 0 amide bonds. The van der Waals surface area contributed by atoms with Crippen LogP contribution in [0.3, 0.4) is 0 Å². The molecule has 0 atom stereocenters. The lowest BCUT2D eigenvalue weighted by Crippen LogP contribution is -1.66. The molecule has 13 heavy (non-hydrogen) atoms. The highest BCUT2D eigenvalue weighted by Gasteiger charge is 1.83. The second-order valence-corrected chi connectivity index (χ2v) is 3.17. The molecule has 0 aliphatic rings. The molecule has 1 radical (unpaired) electrons. The normalized spacial score (nSPS) is 5.62. The van der Waals surface area contributed by atoms with Gasteiger partial charge >= 0.3 is 0 Å². The average molecular weight is 335 g/mol. The zero-order chi connectivity index (χ0) is 5.98. The van der Waals surface area contributed by atoms with E-state index in [1.165, 1.54) is 3.57 Å². The topological polar surface area (TPSA) is 0 Å². The minimum absolute atomic E-state index is 0. The Morgan fingerprint density at radius 3 is 1.31 bits per heavy atom.